The maximum Gasteiger partial charge on any atom is 0.0826 e. The molecule has 0 aromatic heterocycles. The number of ether oxygens (including phenoxy) is 2. The standard InChI is InChI=1S/C12H26N2O2/c1-5-14-6-7-16-11(9-14)8-13-12(2,3)10-15-4/h11,13H,5-10H2,1-4H3. The summed E-state index contributed by atoms with van der Waals surface area (Å²) in [6, 6.07) is 0. The predicted molar refractivity (Wildman–Crippen MR) is 65.8 cm³/mol. The van der Waals surface area contributed by atoms with Crippen molar-refractivity contribution in [1.82, 2.24) is 10.2 Å². The average Bonchev–Trinajstić information content (AvgIpc) is 2.27. The van der Waals surface area contributed by atoms with Gasteiger partial charge < -0.3 is 14.8 Å². The maximum absolute atomic E-state index is 5.74. The summed E-state index contributed by atoms with van der Waals surface area (Å²) in [6.45, 7) is 12.2. The van der Waals surface area contributed by atoms with Crippen molar-refractivity contribution in [2.24, 2.45) is 0 Å². The molecule has 1 N–H and O–H groups in total. The molecule has 0 aromatic rings. The Hall–Kier alpha value is -0.160. The summed E-state index contributed by atoms with van der Waals surface area (Å²) in [5.41, 5.74) is 0.0204. The number of nitrogens with zero attached hydrogens (tertiary/aromatic N) is 1. The Kier molecular flexibility index (Phi) is 5.69. The molecule has 4 nitrogen and oxygen atoms in total. The van der Waals surface area contributed by atoms with Crippen molar-refractivity contribution < 1.29 is 9.47 Å². The molecule has 1 atom stereocenters. The third kappa shape index (κ3) is 4.78. The van der Waals surface area contributed by atoms with Gasteiger partial charge in [0, 0.05) is 32.3 Å². The van der Waals surface area contributed by atoms with Crippen LogP contribution in [0.2, 0.25) is 0 Å². The molecular formula is C12H26N2O2. The van der Waals surface area contributed by atoms with Gasteiger partial charge in [-0.2, -0.15) is 0 Å². The largest absolute Gasteiger partial charge is 0.383 e. The fraction of sp³-hybridized carbons (Fsp3) is 1.00. The minimum atomic E-state index is 0.0204. The summed E-state index contributed by atoms with van der Waals surface area (Å²) in [4.78, 5) is 2.43. The molecule has 1 aliphatic rings. The lowest BCUT2D eigenvalue weighted by Gasteiger charge is -2.34. The van der Waals surface area contributed by atoms with E-state index in [1.165, 1.54) is 0 Å². The van der Waals surface area contributed by atoms with Crippen LogP contribution in [0, 0.1) is 0 Å². The van der Waals surface area contributed by atoms with Crippen LogP contribution in [-0.4, -0.2) is 63.0 Å². The van der Waals surface area contributed by atoms with Crippen LogP contribution >= 0.6 is 0 Å². The molecule has 0 aliphatic carbocycles. The van der Waals surface area contributed by atoms with E-state index in [9.17, 15) is 0 Å². The highest BCUT2D eigenvalue weighted by Crippen LogP contribution is 2.07. The van der Waals surface area contributed by atoms with E-state index < -0.39 is 0 Å². The molecule has 0 saturated carbocycles. The third-order valence-electron chi connectivity index (χ3n) is 2.98. The van der Waals surface area contributed by atoms with Gasteiger partial charge in [0.2, 0.25) is 0 Å². The predicted octanol–water partition coefficient (Wildman–Crippen LogP) is 0.722. The van der Waals surface area contributed by atoms with E-state index in [1.807, 2.05) is 0 Å². The van der Waals surface area contributed by atoms with Gasteiger partial charge in [0.05, 0.1) is 19.3 Å². The van der Waals surface area contributed by atoms with Gasteiger partial charge in [-0.1, -0.05) is 6.92 Å². The summed E-state index contributed by atoms with van der Waals surface area (Å²) in [6.07, 6.45) is 0.310. The van der Waals surface area contributed by atoms with Gasteiger partial charge in [0.15, 0.2) is 0 Å². The second-order valence-corrected chi connectivity index (χ2v) is 5.08. The number of rotatable bonds is 6. The highest BCUT2D eigenvalue weighted by molar-refractivity contribution is 4.81. The Labute approximate surface area is 99.3 Å². The van der Waals surface area contributed by atoms with Crippen molar-refractivity contribution in [1.29, 1.82) is 0 Å². The quantitative estimate of drug-likeness (QED) is 0.729. The van der Waals surface area contributed by atoms with E-state index in [1.54, 1.807) is 7.11 Å². The molecule has 0 spiro atoms. The maximum atomic E-state index is 5.74. The summed E-state index contributed by atoms with van der Waals surface area (Å²) in [7, 11) is 1.74. The zero-order chi connectivity index (χ0) is 12.0. The van der Waals surface area contributed by atoms with E-state index in [-0.39, 0.29) is 5.54 Å². The number of hydrogen-bond acceptors (Lipinski definition) is 4. The Morgan fingerprint density at radius 2 is 2.25 bits per heavy atom. The summed E-state index contributed by atoms with van der Waals surface area (Å²) >= 11 is 0. The zero-order valence-electron chi connectivity index (χ0n) is 11.1. The summed E-state index contributed by atoms with van der Waals surface area (Å²) < 4.78 is 10.9. The summed E-state index contributed by atoms with van der Waals surface area (Å²) in [5.74, 6) is 0. The Morgan fingerprint density at radius 1 is 1.50 bits per heavy atom. The first-order chi connectivity index (χ1) is 7.57. The fourth-order valence-corrected chi connectivity index (χ4v) is 1.99. The van der Waals surface area contributed by atoms with Crippen molar-refractivity contribution in [2.45, 2.75) is 32.4 Å². The molecule has 16 heavy (non-hydrogen) atoms. The van der Waals surface area contributed by atoms with Crippen molar-refractivity contribution in [3.05, 3.63) is 0 Å². The fourth-order valence-electron chi connectivity index (χ4n) is 1.99. The Morgan fingerprint density at radius 3 is 2.88 bits per heavy atom. The Bertz CT molecular complexity index is 197. The molecule has 1 aliphatic heterocycles. The van der Waals surface area contributed by atoms with Crippen LogP contribution in [-0.2, 0) is 9.47 Å². The van der Waals surface area contributed by atoms with Crippen LogP contribution in [0.5, 0.6) is 0 Å². The zero-order valence-corrected chi connectivity index (χ0v) is 11.1. The molecule has 96 valence electrons. The minimum Gasteiger partial charge on any atom is -0.383 e. The first kappa shape index (κ1) is 13.9. The molecule has 1 fully saturated rings. The third-order valence-corrected chi connectivity index (χ3v) is 2.98. The minimum absolute atomic E-state index is 0.0204. The lowest BCUT2D eigenvalue weighted by atomic mass is 10.1. The monoisotopic (exact) mass is 230 g/mol. The average molecular weight is 230 g/mol. The topological polar surface area (TPSA) is 33.7 Å². The van der Waals surface area contributed by atoms with Gasteiger partial charge in [0.25, 0.3) is 0 Å². The normalized spacial score (nSPS) is 23.6. The van der Waals surface area contributed by atoms with Gasteiger partial charge in [0.1, 0.15) is 0 Å². The van der Waals surface area contributed by atoms with Crippen LogP contribution in [0.3, 0.4) is 0 Å². The smallest absolute Gasteiger partial charge is 0.0826 e. The highest BCUT2D eigenvalue weighted by atomic mass is 16.5. The van der Waals surface area contributed by atoms with Crippen LogP contribution in [0.25, 0.3) is 0 Å². The molecule has 1 unspecified atom stereocenters. The summed E-state index contributed by atoms with van der Waals surface area (Å²) in [5, 5.41) is 3.50. The van der Waals surface area contributed by atoms with Gasteiger partial charge in [-0.05, 0) is 20.4 Å². The molecule has 1 rings (SSSR count). The van der Waals surface area contributed by atoms with E-state index in [0.29, 0.717) is 6.10 Å². The molecule has 0 bridgehead atoms. The van der Waals surface area contributed by atoms with Gasteiger partial charge >= 0.3 is 0 Å². The van der Waals surface area contributed by atoms with Crippen LogP contribution < -0.4 is 5.32 Å². The van der Waals surface area contributed by atoms with Gasteiger partial charge in [-0.25, -0.2) is 0 Å². The second kappa shape index (κ2) is 6.55. The first-order valence-electron chi connectivity index (χ1n) is 6.15. The lowest BCUT2D eigenvalue weighted by molar-refractivity contribution is -0.0298. The number of nitrogens with one attached hydrogen (secondary N) is 1. The molecular weight excluding hydrogens is 204 g/mol. The van der Waals surface area contributed by atoms with Crippen molar-refractivity contribution in [3.63, 3.8) is 0 Å². The highest BCUT2D eigenvalue weighted by Gasteiger charge is 2.23. The van der Waals surface area contributed by atoms with Crippen LogP contribution in [0.4, 0.5) is 0 Å². The number of morpholine rings is 1. The first-order valence-corrected chi connectivity index (χ1v) is 6.15. The molecule has 0 amide bonds. The van der Waals surface area contributed by atoms with E-state index >= 15 is 0 Å². The van der Waals surface area contributed by atoms with E-state index in [4.69, 9.17) is 9.47 Å². The molecule has 1 saturated heterocycles. The van der Waals surface area contributed by atoms with Gasteiger partial charge in [-0.15, -0.1) is 0 Å². The molecule has 0 aromatic carbocycles. The number of methoxy groups -OCH3 is 1. The number of likely N-dealkylation sites (N-methyl/N-ethyl adjacent to an activating group) is 1. The molecule has 1 heterocycles. The Balaban J connectivity index is 2.26. The molecule has 4 heteroatoms. The number of hydrogen-bond donors (Lipinski definition) is 1. The SMILES string of the molecule is CCN1CCOC(CNC(C)(C)COC)C1. The second-order valence-electron chi connectivity index (χ2n) is 5.08. The van der Waals surface area contributed by atoms with E-state index in [0.717, 1.165) is 39.4 Å². The van der Waals surface area contributed by atoms with Crippen LogP contribution in [0.15, 0.2) is 0 Å². The van der Waals surface area contributed by atoms with E-state index in [2.05, 4.69) is 31.0 Å². The van der Waals surface area contributed by atoms with Crippen molar-refractivity contribution >= 4 is 0 Å². The van der Waals surface area contributed by atoms with Crippen molar-refractivity contribution in [3.8, 4) is 0 Å². The van der Waals surface area contributed by atoms with Gasteiger partial charge in [-0.3, -0.25) is 4.90 Å². The van der Waals surface area contributed by atoms with Crippen LogP contribution in [0.1, 0.15) is 20.8 Å². The molecule has 0 radical (unpaired) electrons. The lowest BCUT2D eigenvalue weighted by Crippen LogP contribution is -2.52. The van der Waals surface area contributed by atoms with Crippen molar-refractivity contribution in [2.75, 3.05) is 46.5 Å².